The Kier molecular flexibility index (Phi) is 7.03. The molecule has 1 saturated heterocycles. The summed E-state index contributed by atoms with van der Waals surface area (Å²) in [6.45, 7) is 13.7. The number of ether oxygens (including phenoxy) is 1. The van der Waals surface area contributed by atoms with Crippen molar-refractivity contribution in [2.45, 2.75) is 96.8 Å². The number of hydrogen-bond acceptors (Lipinski definition) is 4. The van der Waals surface area contributed by atoms with Crippen LogP contribution in [0.1, 0.15) is 79.1 Å². The van der Waals surface area contributed by atoms with Crippen LogP contribution in [0.15, 0.2) is 23.3 Å². The number of aliphatic hydroxyl groups excluding tert-OH is 2. The molecule has 176 valence electrons. The number of fused-ring (bicyclic) bond motifs is 1. The van der Waals surface area contributed by atoms with Gasteiger partial charge in [0.2, 0.25) is 0 Å². The van der Waals surface area contributed by atoms with E-state index in [1.54, 1.807) is 5.57 Å². The highest BCUT2D eigenvalue weighted by molar-refractivity contribution is 5.26. The molecule has 4 fully saturated rings. The largest absolute Gasteiger partial charge is 0.393 e. The Morgan fingerprint density at radius 3 is 2.58 bits per heavy atom. The van der Waals surface area contributed by atoms with Crippen molar-refractivity contribution in [3.63, 3.8) is 0 Å². The van der Waals surface area contributed by atoms with Crippen molar-refractivity contribution < 1.29 is 14.9 Å². The first-order chi connectivity index (χ1) is 14.7. The predicted molar refractivity (Wildman–Crippen MR) is 126 cm³/mol. The van der Waals surface area contributed by atoms with Crippen LogP contribution >= 0.6 is 0 Å². The molecule has 31 heavy (non-hydrogen) atoms. The van der Waals surface area contributed by atoms with Crippen molar-refractivity contribution >= 4 is 0 Å². The summed E-state index contributed by atoms with van der Waals surface area (Å²) in [6, 6.07) is 0. The van der Waals surface area contributed by atoms with E-state index in [2.05, 4.69) is 44.7 Å². The molecule has 0 bridgehead atoms. The van der Waals surface area contributed by atoms with Crippen molar-refractivity contribution in [1.82, 2.24) is 4.90 Å². The lowest BCUT2D eigenvalue weighted by Crippen LogP contribution is -2.55. The highest BCUT2D eigenvalue weighted by Gasteiger charge is 2.51. The van der Waals surface area contributed by atoms with Gasteiger partial charge in [-0.15, -0.1) is 0 Å². The molecule has 6 atom stereocenters. The summed E-state index contributed by atoms with van der Waals surface area (Å²) in [7, 11) is 0. The summed E-state index contributed by atoms with van der Waals surface area (Å²) in [6.07, 6.45) is 12.3. The van der Waals surface area contributed by atoms with Crippen LogP contribution < -0.4 is 0 Å². The van der Waals surface area contributed by atoms with Crippen molar-refractivity contribution in [1.29, 1.82) is 0 Å². The second-order valence-corrected chi connectivity index (χ2v) is 11.9. The van der Waals surface area contributed by atoms with E-state index in [4.69, 9.17) is 4.74 Å². The normalized spacial score (nSPS) is 41.2. The van der Waals surface area contributed by atoms with Crippen molar-refractivity contribution in [3.8, 4) is 0 Å². The second kappa shape index (κ2) is 9.29. The summed E-state index contributed by atoms with van der Waals surface area (Å²) >= 11 is 0. The maximum Gasteiger partial charge on any atom is 0.0645 e. The van der Waals surface area contributed by atoms with Crippen LogP contribution in [0.3, 0.4) is 0 Å². The van der Waals surface area contributed by atoms with E-state index in [1.807, 2.05) is 0 Å². The lowest BCUT2D eigenvalue weighted by molar-refractivity contribution is -0.0638. The van der Waals surface area contributed by atoms with E-state index in [9.17, 15) is 10.2 Å². The predicted octanol–water partition coefficient (Wildman–Crippen LogP) is 4.71. The van der Waals surface area contributed by atoms with Gasteiger partial charge in [-0.2, -0.15) is 0 Å². The van der Waals surface area contributed by atoms with Crippen LogP contribution in [0.25, 0.3) is 0 Å². The molecule has 0 aromatic carbocycles. The van der Waals surface area contributed by atoms with Crippen LogP contribution in [-0.4, -0.2) is 59.2 Å². The zero-order chi connectivity index (χ0) is 22.2. The molecule has 3 saturated carbocycles. The molecule has 1 aliphatic heterocycles. The molecule has 3 aliphatic carbocycles. The Labute approximate surface area is 189 Å². The Bertz CT molecular complexity index is 687. The molecule has 0 radical (unpaired) electrons. The Morgan fingerprint density at radius 2 is 1.87 bits per heavy atom. The third-order valence-electron chi connectivity index (χ3n) is 9.12. The molecule has 0 amide bonds. The average Bonchev–Trinajstić information content (AvgIpc) is 3.05. The summed E-state index contributed by atoms with van der Waals surface area (Å²) in [4.78, 5) is 2.67. The number of hydrogen-bond donors (Lipinski definition) is 2. The van der Waals surface area contributed by atoms with Gasteiger partial charge in [-0.3, -0.25) is 4.90 Å². The summed E-state index contributed by atoms with van der Waals surface area (Å²) in [5, 5.41) is 20.0. The maximum atomic E-state index is 10.0. The molecule has 2 N–H and O–H groups in total. The minimum Gasteiger partial charge on any atom is -0.393 e. The summed E-state index contributed by atoms with van der Waals surface area (Å²) in [5.41, 5.74) is 3.38. The quantitative estimate of drug-likeness (QED) is 0.677. The van der Waals surface area contributed by atoms with Gasteiger partial charge in [-0.25, -0.2) is 0 Å². The third-order valence-corrected chi connectivity index (χ3v) is 9.12. The lowest BCUT2D eigenvalue weighted by Gasteiger charge is -2.48. The van der Waals surface area contributed by atoms with Crippen molar-refractivity contribution in [3.05, 3.63) is 23.3 Å². The van der Waals surface area contributed by atoms with Gasteiger partial charge in [0, 0.05) is 18.6 Å². The van der Waals surface area contributed by atoms with Gasteiger partial charge >= 0.3 is 0 Å². The van der Waals surface area contributed by atoms with E-state index < -0.39 is 0 Å². The lowest BCUT2D eigenvalue weighted by atomic mass is 9.61. The molecule has 1 heterocycles. The molecule has 0 aromatic rings. The van der Waals surface area contributed by atoms with Gasteiger partial charge in [0.15, 0.2) is 0 Å². The van der Waals surface area contributed by atoms with E-state index in [1.165, 1.54) is 44.2 Å². The molecule has 1 unspecified atom stereocenters. The van der Waals surface area contributed by atoms with Crippen LogP contribution in [0, 0.1) is 23.2 Å². The van der Waals surface area contributed by atoms with Crippen molar-refractivity contribution in [2.24, 2.45) is 23.2 Å². The summed E-state index contributed by atoms with van der Waals surface area (Å²) < 4.78 is 5.75. The van der Waals surface area contributed by atoms with Crippen LogP contribution in [0.5, 0.6) is 0 Å². The summed E-state index contributed by atoms with van der Waals surface area (Å²) in [5.74, 6) is 2.18. The number of morpholine rings is 1. The SMILES string of the molecule is CC(CN1CCOCC1(C)C)[C@H]1CC[C@H]2/C(=C/C=C3C[C@@H](O)C[C@H](O)C3)CCC[C@]12C. The molecule has 4 rings (SSSR count). The fourth-order valence-corrected chi connectivity index (χ4v) is 7.45. The molecule has 0 aromatic heterocycles. The number of nitrogens with zero attached hydrogens (tertiary/aromatic N) is 1. The maximum absolute atomic E-state index is 10.0. The first kappa shape index (κ1) is 23.5. The van der Waals surface area contributed by atoms with Gasteiger partial charge in [-0.1, -0.05) is 37.1 Å². The third kappa shape index (κ3) is 4.98. The number of allylic oxidation sites excluding steroid dienone is 3. The minimum absolute atomic E-state index is 0.143. The van der Waals surface area contributed by atoms with Gasteiger partial charge in [0.25, 0.3) is 0 Å². The first-order valence-corrected chi connectivity index (χ1v) is 12.8. The molecule has 4 aliphatic rings. The zero-order valence-corrected chi connectivity index (χ0v) is 20.3. The average molecular weight is 432 g/mol. The standard InChI is InChI=1S/C27H45NO3/c1-19(17-28-12-13-31-18-26(28,2)3)24-9-10-25-21(6-5-11-27(24,25)4)8-7-20-14-22(29)16-23(30)15-20/h7-8,19,22-25,29-30H,5-6,9-18H2,1-4H3/b21-8+/t19?,22-,23-,24-,25+,27-/m1/s1. The van der Waals surface area contributed by atoms with Crippen LogP contribution in [-0.2, 0) is 4.74 Å². The van der Waals surface area contributed by atoms with Gasteiger partial charge in [0.1, 0.15) is 0 Å². The van der Waals surface area contributed by atoms with Crippen molar-refractivity contribution in [2.75, 3.05) is 26.3 Å². The highest BCUT2D eigenvalue weighted by Crippen LogP contribution is 2.59. The highest BCUT2D eigenvalue weighted by atomic mass is 16.5. The fraction of sp³-hybridized carbons (Fsp3) is 0.852. The minimum atomic E-state index is -0.383. The van der Waals surface area contributed by atoms with Gasteiger partial charge in [0.05, 0.1) is 25.4 Å². The fourth-order valence-electron chi connectivity index (χ4n) is 7.45. The van der Waals surface area contributed by atoms with Crippen LogP contribution in [0.2, 0.25) is 0 Å². The molecule has 4 heteroatoms. The zero-order valence-electron chi connectivity index (χ0n) is 20.3. The topological polar surface area (TPSA) is 52.9 Å². The molecule has 4 nitrogen and oxygen atoms in total. The van der Waals surface area contributed by atoms with Gasteiger partial charge in [-0.05, 0) is 88.4 Å². The molecular weight excluding hydrogens is 386 g/mol. The smallest absolute Gasteiger partial charge is 0.0645 e. The van der Waals surface area contributed by atoms with Gasteiger partial charge < -0.3 is 14.9 Å². The monoisotopic (exact) mass is 431 g/mol. The van der Waals surface area contributed by atoms with E-state index >= 15 is 0 Å². The first-order valence-electron chi connectivity index (χ1n) is 12.8. The van der Waals surface area contributed by atoms with E-state index in [0.29, 0.717) is 23.7 Å². The number of aliphatic hydroxyl groups is 2. The second-order valence-electron chi connectivity index (χ2n) is 11.9. The van der Waals surface area contributed by atoms with Crippen LogP contribution in [0.4, 0.5) is 0 Å². The van der Waals surface area contributed by atoms with E-state index in [-0.39, 0.29) is 17.7 Å². The Morgan fingerprint density at radius 1 is 1.13 bits per heavy atom. The molecule has 0 spiro atoms. The molecular formula is C27H45NO3. The Hall–Kier alpha value is -0.680. The Balaban J connectivity index is 1.46. The van der Waals surface area contributed by atoms with E-state index in [0.717, 1.165) is 38.5 Å². The number of rotatable bonds is 4.